The van der Waals surface area contributed by atoms with Crippen molar-refractivity contribution in [3.05, 3.63) is 0 Å². The van der Waals surface area contributed by atoms with Gasteiger partial charge in [-0.3, -0.25) is 0 Å². The van der Waals surface area contributed by atoms with Crippen molar-refractivity contribution in [1.82, 2.24) is 10.6 Å². The van der Waals surface area contributed by atoms with E-state index in [4.69, 9.17) is 4.74 Å². The highest BCUT2D eigenvalue weighted by Gasteiger charge is 2.17. The van der Waals surface area contributed by atoms with Gasteiger partial charge >= 0.3 is 6.09 Å². The summed E-state index contributed by atoms with van der Waals surface area (Å²) in [6, 6.07) is 0. The fraction of sp³-hybridized carbons (Fsp3) is 0.923. The number of alkyl carbamates (subject to hydrolysis) is 1. The summed E-state index contributed by atoms with van der Waals surface area (Å²) in [6.45, 7) is 7.69. The van der Waals surface area contributed by atoms with Crippen LogP contribution in [0.4, 0.5) is 4.79 Å². The summed E-state index contributed by atoms with van der Waals surface area (Å²) in [6.07, 6.45) is 5.55. The van der Waals surface area contributed by atoms with Crippen LogP contribution in [0.3, 0.4) is 0 Å². The standard InChI is InChI=1S/C13H26N2O2/c1-13(2,3)15-10-9-14-12(16)17-11-7-5-4-6-8-11/h11,15H,4-10H2,1-3H3,(H,14,16). The lowest BCUT2D eigenvalue weighted by Crippen LogP contribution is -2.41. The zero-order chi connectivity index (χ0) is 12.7. The van der Waals surface area contributed by atoms with Gasteiger partial charge in [0.2, 0.25) is 0 Å². The fourth-order valence-corrected chi connectivity index (χ4v) is 1.98. The van der Waals surface area contributed by atoms with Gasteiger partial charge in [-0.15, -0.1) is 0 Å². The van der Waals surface area contributed by atoms with E-state index in [1.807, 2.05) is 0 Å². The number of carbonyl (C=O) groups excluding carboxylic acids is 1. The Labute approximate surface area is 104 Å². The second kappa shape index (κ2) is 6.84. The first-order valence-corrected chi connectivity index (χ1v) is 6.67. The molecule has 4 nitrogen and oxygen atoms in total. The lowest BCUT2D eigenvalue weighted by atomic mass is 9.98. The highest BCUT2D eigenvalue weighted by Crippen LogP contribution is 2.20. The minimum Gasteiger partial charge on any atom is -0.446 e. The van der Waals surface area contributed by atoms with E-state index in [2.05, 4.69) is 31.4 Å². The molecular weight excluding hydrogens is 216 g/mol. The van der Waals surface area contributed by atoms with Crippen molar-refractivity contribution in [1.29, 1.82) is 0 Å². The Morgan fingerprint density at radius 2 is 1.82 bits per heavy atom. The van der Waals surface area contributed by atoms with E-state index in [1.165, 1.54) is 19.3 Å². The average molecular weight is 242 g/mol. The molecule has 0 aliphatic heterocycles. The van der Waals surface area contributed by atoms with Crippen LogP contribution in [0.15, 0.2) is 0 Å². The molecule has 100 valence electrons. The number of carbonyl (C=O) groups is 1. The highest BCUT2D eigenvalue weighted by atomic mass is 16.6. The summed E-state index contributed by atoms with van der Waals surface area (Å²) >= 11 is 0. The van der Waals surface area contributed by atoms with E-state index in [1.54, 1.807) is 0 Å². The molecule has 0 bridgehead atoms. The molecule has 0 aromatic rings. The molecule has 4 heteroatoms. The van der Waals surface area contributed by atoms with Crippen molar-refractivity contribution in [2.45, 2.75) is 64.5 Å². The molecule has 17 heavy (non-hydrogen) atoms. The van der Waals surface area contributed by atoms with Gasteiger partial charge < -0.3 is 15.4 Å². The number of nitrogens with one attached hydrogen (secondary N) is 2. The lowest BCUT2D eigenvalue weighted by Gasteiger charge is -2.23. The Bertz CT molecular complexity index is 230. The molecule has 0 heterocycles. The monoisotopic (exact) mass is 242 g/mol. The summed E-state index contributed by atoms with van der Waals surface area (Å²) in [7, 11) is 0. The van der Waals surface area contributed by atoms with Gasteiger partial charge in [-0.2, -0.15) is 0 Å². The number of rotatable bonds is 4. The van der Waals surface area contributed by atoms with Crippen LogP contribution in [-0.2, 0) is 4.74 Å². The predicted octanol–water partition coefficient (Wildman–Crippen LogP) is 2.43. The Balaban J connectivity index is 2.04. The first kappa shape index (κ1) is 14.3. The van der Waals surface area contributed by atoms with Gasteiger partial charge in [0.15, 0.2) is 0 Å². The molecular formula is C13H26N2O2. The second-order valence-electron chi connectivity index (χ2n) is 5.77. The normalized spacial score (nSPS) is 17.8. The van der Waals surface area contributed by atoms with Crippen LogP contribution in [0.25, 0.3) is 0 Å². The third-order valence-corrected chi connectivity index (χ3v) is 2.88. The van der Waals surface area contributed by atoms with Crippen molar-refractivity contribution < 1.29 is 9.53 Å². The minimum atomic E-state index is -0.271. The number of hydrogen-bond donors (Lipinski definition) is 2. The largest absolute Gasteiger partial charge is 0.446 e. The van der Waals surface area contributed by atoms with Crippen LogP contribution in [0.2, 0.25) is 0 Å². The number of hydrogen-bond acceptors (Lipinski definition) is 3. The molecule has 0 unspecified atom stereocenters. The average Bonchev–Trinajstić information content (AvgIpc) is 2.25. The molecule has 1 aliphatic rings. The minimum absolute atomic E-state index is 0.0922. The van der Waals surface area contributed by atoms with E-state index in [-0.39, 0.29) is 17.7 Å². The van der Waals surface area contributed by atoms with Gasteiger partial charge in [0.1, 0.15) is 6.10 Å². The third kappa shape index (κ3) is 7.21. The van der Waals surface area contributed by atoms with E-state index in [0.717, 1.165) is 19.4 Å². The number of ether oxygens (including phenoxy) is 1. The zero-order valence-electron chi connectivity index (χ0n) is 11.3. The smallest absolute Gasteiger partial charge is 0.407 e. The maximum atomic E-state index is 11.5. The highest BCUT2D eigenvalue weighted by molar-refractivity contribution is 5.67. The van der Waals surface area contributed by atoms with Crippen LogP contribution in [-0.4, -0.2) is 30.8 Å². The summed E-state index contributed by atoms with van der Waals surface area (Å²) in [5, 5.41) is 6.09. The first-order valence-electron chi connectivity index (χ1n) is 6.67. The van der Waals surface area contributed by atoms with E-state index >= 15 is 0 Å². The quantitative estimate of drug-likeness (QED) is 0.744. The van der Waals surface area contributed by atoms with Crippen LogP contribution >= 0.6 is 0 Å². The van der Waals surface area contributed by atoms with Gasteiger partial charge in [-0.25, -0.2) is 4.79 Å². The van der Waals surface area contributed by atoms with Crippen LogP contribution < -0.4 is 10.6 Å². The predicted molar refractivity (Wildman–Crippen MR) is 69.1 cm³/mol. The maximum absolute atomic E-state index is 11.5. The van der Waals surface area contributed by atoms with Gasteiger partial charge in [0.25, 0.3) is 0 Å². The Morgan fingerprint density at radius 1 is 1.18 bits per heavy atom. The molecule has 1 fully saturated rings. The van der Waals surface area contributed by atoms with Crippen LogP contribution in [0, 0.1) is 0 Å². The molecule has 0 spiro atoms. The molecule has 0 aromatic heterocycles. The Hall–Kier alpha value is -0.770. The SMILES string of the molecule is CC(C)(C)NCCNC(=O)OC1CCCCC1. The van der Waals surface area contributed by atoms with Crippen LogP contribution in [0.5, 0.6) is 0 Å². The van der Waals surface area contributed by atoms with Crippen molar-refractivity contribution in [3.8, 4) is 0 Å². The molecule has 1 rings (SSSR count). The van der Waals surface area contributed by atoms with Crippen LogP contribution in [0.1, 0.15) is 52.9 Å². The number of amides is 1. The van der Waals surface area contributed by atoms with Crippen molar-refractivity contribution in [3.63, 3.8) is 0 Å². The van der Waals surface area contributed by atoms with Crippen molar-refractivity contribution in [2.75, 3.05) is 13.1 Å². The maximum Gasteiger partial charge on any atom is 0.407 e. The molecule has 0 aromatic carbocycles. The zero-order valence-corrected chi connectivity index (χ0v) is 11.3. The third-order valence-electron chi connectivity index (χ3n) is 2.88. The molecule has 2 N–H and O–H groups in total. The molecule has 1 aliphatic carbocycles. The van der Waals surface area contributed by atoms with Crippen molar-refractivity contribution in [2.24, 2.45) is 0 Å². The van der Waals surface area contributed by atoms with Crippen molar-refractivity contribution >= 4 is 6.09 Å². The van der Waals surface area contributed by atoms with E-state index < -0.39 is 0 Å². The summed E-state index contributed by atoms with van der Waals surface area (Å²) in [5.41, 5.74) is 0.0922. The van der Waals surface area contributed by atoms with Gasteiger partial charge in [-0.05, 0) is 46.5 Å². The lowest BCUT2D eigenvalue weighted by molar-refractivity contribution is 0.0753. The molecule has 1 saturated carbocycles. The topological polar surface area (TPSA) is 50.4 Å². The second-order valence-corrected chi connectivity index (χ2v) is 5.77. The summed E-state index contributed by atoms with van der Waals surface area (Å²) in [4.78, 5) is 11.5. The molecule has 0 atom stereocenters. The molecule has 0 saturated heterocycles. The first-order chi connectivity index (χ1) is 7.97. The fourth-order valence-electron chi connectivity index (χ4n) is 1.98. The summed E-state index contributed by atoms with van der Waals surface area (Å²) < 4.78 is 5.35. The Kier molecular flexibility index (Phi) is 5.75. The Morgan fingerprint density at radius 3 is 2.41 bits per heavy atom. The molecule has 0 radical (unpaired) electrons. The van der Waals surface area contributed by atoms with Gasteiger partial charge in [0.05, 0.1) is 0 Å². The summed E-state index contributed by atoms with van der Waals surface area (Å²) in [5.74, 6) is 0. The van der Waals surface area contributed by atoms with Gasteiger partial charge in [0, 0.05) is 18.6 Å². The molecule has 1 amide bonds. The van der Waals surface area contributed by atoms with E-state index in [9.17, 15) is 4.79 Å². The van der Waals surface area contributed by atoms with E-state index in [0.29, 0.717) is 6.54 Å². The van der Waals surface area contributed by atoms with Gasteiger partial charge in [-0.1, -0.05) is 6.42 Å².